The van der Waals surface area contributed by atoms with Crippen LogP contribution in [0.25, 0.3) is 0 Å². The first-order valence-electron chi connectivity index (χ1n) is 11.3. The zero-order valence-corrected chi connectivity index (χ0v) is 22.3. The van der Waals surface area contributed by atoms with Crippen molar-refractivity contribution in [2.75, 3.05) is 26.7 Å². The lowest BCUT2D eigenvalue weighted by Gasteiger charge is -2.25. The summed E-state index contributed by atoms with van der Waals surface area (Å²) in [4.78, 5) is 43.3. The molecule has 0 radical (unpaired) electrons. The Kier molecular flexibility index (Phi) is 13.4. The number of hydrogen-bond donors (Lipinski definition) is 5. The van der Waals surface area contributed by atoms with Gasteiger partial charge in [0, 0.05) is 42.5 Å². The second kappa shape index (κ2) is 15.4. The summed E-state index contributed by atoms with van der Waals surface area (Å²) in [5, 5.41) is 11.3. The fourth-order valence-electron chi connectivity index (χ4n) is 2.75. The van der Waals surface area contributed by atoms with Crippen molar-refractivity contribution in [1.82, 2.24) is 25.8 Å². The maximum atomic E-state index is 12.6. The molecule has 10 nitrogen and oxygen atoms in total. The Bertz CT molecular complexity index is 828. The van der Waals surface area contributed by atoms with E-state index in [0.717, 1.165) is 10.7 Å². The molecule has 0 aromatic carbocycles. The van der Waals surface area contributed by atoms with Gasteiger partial charge in [-0.05, 0) is 18.8 Å². The van der Waals surface area contributed by atoms with Crippen molar-refractivity contribution < 1.29 is 19.1 Å². The summed E-state index contributed by atoms with van der Waals surface area (Å²) in [6, 6.07) is -0.986. The average molecular weight is 515 g/mol. The Labute approximate surface area is 211 Å². The maximum Gasteiger partial charge on any atom is 0.407 e. The summed E-state index contributed by atoms with van der Waals surface area (Å²) in [6.07, 6.45) is 2.02. The second-order valence-corrected chi connectivity index (χ2v) is 9.98. The van der Waals surface area contributed by atoms with Crippen molar-refractivity contribution in [2.45, 2.75) is 59.0 Å². The Morgan fingerprint density at radius 3 is 2.41 bits per heavy atom. The Balaban J connectivity index is 2.37. The zero-order valence-electron chi connectivity index (χ0n) is 20.6. The number of urea groups is 1. The van der Waals surface area contributed by atoms with E-state index in [9.17, 15) is 14.4 Å². The zero-order chi connectivity index (χ0) is 25.7. The van der Waals surface area contributed by atoms with E-state index in [1.54, 1.807) is 18.4 Å². The molecule has 5 N–H and O–H groups in total. The van der Waals surface area contributed by atoms with Crippen LogP contribution in [0.5, 0.6) is 0 Å². The molecule has 4 amide bonds. The van der Waals surface area contributed by atoms with E-state index < -0.39 is 12.1 Å². The van der Waals surface area contributed by atoms with Crippen LogP contribution in [-0.4, -0.2) is 60.7 Å². The minimum atomic E-state index is -0.657. The van der Waals surface area contributed by atoms with Crippen LogP contribution in [0, 0.1) is 5.92 Å². The van der Waals surface area contributed by atoms with Crippen LogP contribution < -0.4 is 21.7 Å². The molecule has 0 aliphatic heterocycles. The first-order chi connectivity index (χ1) is 16.0. The van der Waals surface area contributed by atoms with Gasteiger partial charge in [0.05, 0.1) is 17.2 Å². The molecule has 192 valence electrons. The number of nitrogens with two attached hydrogens (primary N) is 1. The van der Waals surface area contributed by atoms with Gasteiger partial charge in [-0.15, -0.1) is 24.0 Å². The van der Waals surface area contributed by atoms with Gasteiger partial charge in [-0.1, -0.05) is 27.7 Å². The first kappa shape index (κ1) is 29.6. The molecule has 0 fully saturated rings. The number of alkyl carbamates (subject to hydrolysis) is 1. The molecule has 0 aliphatic rings. The highest BCUT2D eigenvalue weighted by Gasteiger charge is 2.25. The molecule has 34 heavy (non-hydrogen) atoms. The smallest absolute Gasteiger partial charge is 0.407 e. The number of hydrogen-bond acceptors (Lipinski definition) is 8. The third-order valence-electron chi connectivity index (χ3n) is 4.75. The summed E-state index contributed by atoms with van der Waals surface area (Å²) in [5.74, 6) is 0.0196. The van der Waals surface area contributed by atoms with Crippen molar-refractivity contribution in [3.63, 3.8) is 0 Å². The third kappa shape index (κ3) is 11.1. The normalized spacial score (nSPS) is 12.4. The van der Waals surface area contributed by atoms with Gasteiger partial charge >= 0.3 is 12.1 Å². The molecule has 1 unspecified atom stereocenters. The number of ether oxygens (including phenoxy) is 1. The van der Waals surface area contributed by atoms with Crippen LogP contribution in [0.2, 0.25) is 0 Å². The summed E-state index contributed by atoms with van der Waals surface area (Å²) >= 11 is 5.59. The van der Waals surface area contributed by atoms with Crippen molar-refractivity contribution in [1.29, 1.82) is 0 Å². The molecule has 0 bridgehead atoms. The summed E-state index contributed by atoms with van der Waals surface area (Å²) in [6.45, 7) is 9.14. The number of thiazole rings is 1. The molecule has 12 heteroatoms. The van der Waals surface area contributed by atoms with Crippen LogP contribution in [0.3, 0.4) is 0 Å². The Hall–Kier alpha value is -2.47. The highest BCUT2D eigenvalue weighted by atomic mass is 32.1. The summed E-state index contributed by atoms with van der Waals surface area (Å²) < 4.78 is 4.91. The minimum Gasteiger partial charge on any atom is -0.444 e. The number of amides is 4. The van der Waals surface area contributed by atoms with Crippen molar-refractivity contribution >= 4 is 42.0 Å². The van der Waals surface area contributed by atoms with Crippen LogP contribution in [0.1, 0.15) is 57.2 Å². The molecule has 1 atom stereocenters. The fraction of sp³-hybridized carbons (Fsp3) is 0.636. The lowest BCUT2D eigenvalue weighted by Crippen LogP contribution is -2.52. The number of unbranched alkanes of at least 4 members (excludes halogenated alkanes) is 1. The minimum absolute atomic E-state index is 0.0156. The molecule has 0 saturated carbocycles. The lowest BCUT2D eigenvalue weighted by atomic mass is 10.0. The number of carbonyl (C=O) groups excluding carboxylic acids is 3. The second-order valence-electron chi connectivity index (χ2n) is 8.52. The largest absolute Gasteiger partial charge is 0.444 e. The van der Waals surface area contributed by atoms with E-state index >= 15 is 0 Å². The van der Waals surface area contributed by atoms with E-state index in [-0.39, 0.29) is 24.5 Å². The molecule has 1 rings (SSSR count). The number of nitrogens with one attached hydrogen (secondary N) is 3. The predicted molar refractivity (Wildman–Crippen MR) is 138 cm³/mol. The van der Waals surface area contributed by atoms with E-state index in [2.05, 4.69) is 47.4 Å². The molecular formula is C22H38N6O4S2. The van der Waals surface area contributed by atoms with Gasteiger partial charge in [0.1, 0.15) is 12.6 Å². The summed E-state index contributed by atoms with van der Waals surface area (Å²) in [5.41, 5.74) is 6.08. The Morgan fingerprint density at radius 1 is 1.21 bits per heavy atom. The van der Waals surface area contributed by atoms with Gasteiger partial charge < -0.3 is 31.3 Å². The third-order valence-corrected chi connectivity index (χ3v) is 6.23. The highest BCUT2D eigenvalue weighted by molar-refractivity contribution is 7.84. The number of rotatable bonds is 13. The van der Waals surface area contributed by atoms with Gasteiger partial charge in [0.2, 0.25) is 5.91 Å². The quantitative estimate of drug-likeness (QED) is 0.203. The molecule has 1 heterocycles. The lowest BCUT2D eigenvalue weighted by molar-refractivity contribution is -0.123. The van der Waals surface area contributed by atoms with Crippen molar-refractivity contribution in [3.05, 3.63) is 27.2 Å². The van der Waals surface area contributed by atoms with Gasteiger partial charge in [-0.3, -0.25) is 4.79 Å². The summed E-state index contributed by atoms with van der Waals surface area (Å²) in [7, 11) is 1.68. The average Bonchev–Trinajstić information content (AvgIpc) is 3.26. The fourth-order valence-corrected chi connectivity index (χ4v) is 3.64. The number of carbonyl (C=O) groups is 3. The topological polar surface area (TPSA) is 139 Å². The number of thiol groups is 1. The van der Waals surface area contributed by atoms with Gasteiger partial charge in [0.25, 0.3) is 0 Å². The van der Waals surface area contributed by atoms with E-state index in [4.69, 9.17) is 10.5 Å². The van der Waals surface area contributed by atoms with Crippen LogP contribution in [0.4, 0.5) is 9.59 Å². The van der Waals surface area contributed by atoms with Gasteiger partial charge in [0.15, 0.2) is 0 Å². The van der Waals surface area contributed by atoms with Gasteiger partial charge in [-0.25, -0.2) is 14.6 Å². The SMILES string of the molecule is CC(C)c1nc(CN(C)C(=O)NC(C(=O)NCCCCNC(=O)OC/C(S)=C/N)C(C)C)cs1. The standard InChI is InChI=1S/C22H38N6O4S2/c1-14(2)18(27-21(30)28(5)11-16-13-34-20(26-16)15(3)4)19(29)24-8-6-7-9-25-22(31)32-12-17(33)10-23/h10,13-15,18,33H,6-9,11-12,23H2,1-5H3,(H,24,29)(H,25,31)(H,27,30)/b17-10-. The molecule has 1 aromatic heterocycles. The van der Waals surface area contributed by atoms with E-state index in [1.165, 1.54) is 11.1 Å². The molecule has 0 saturated heterocycles. The molecule has 0 aliphatic carbocycles. The number of aromatic nitrogens is 1. The highest BCUT2D eigenvalue weighted by Crippen LogP contribution is 2.19. The van der Waals surface area contributed by atoms with Crippen LogP contribution >= 0.6 is 24.0 Å². The molecule has 1 aromatic rings. The van der Waals surface area contributed by atoms with Crippen molar-refractivity contribution in [2.24, 2.45) is 11.7 Å². The van der Waals surface area contributed by atoms with Crippen molar-refractivity contribution in [3.8, 4) is 0 Å². The molecule has 0 spiro atoms. The maximum absolute atomic E-state index is 12.6. The first-order valence-corrected chi connectivity index (χ1v) is 12.6. The monoisotopic (exact) mass is 514 g/mol. The van der Waals surface area contributed by atoms with Gasteiger partial charge in [-0.2, -0.15) is 0 Å². The Morgan fingerprint density at radius 2 is 1.85 bits per heavy atom. The molecular weight excluding hydrogens is 476 g/mol. The van der Waals surface area contributed by atoms with E-state index in [1.807, 2.05) is 19.2 Å². The van der Waals surface area contributed by atoms with E-state index in [0.29, 0.717) is 43.3 Å². The number of nitrogens with zero attached hydrogens (tertiary/aromatic N) is 2. The van der Waals surface area contributed by atoms with Crippen LogP contribution in [-0.2, 0) is 16.1 Å². The predicted octanol–water partition coefficient (Wildman–Crippen LogP) is 2.79. The van der Waals surface area contributed by atoms with Crippen LogP contribution in [0.15, 0.2) is 16.5 Å².